The normalized spacial score (nSPS) is 22.3. The number of nitrogens with one attached hydrogen (secondary N) is 1. The molecule has 0 radical (unpaired) electrons. The Morgan fingerprint density at radius 2 is 1.62 bits per heavy atom. The fourth-order valence-electron chi connectivity index (χ4n) is 3.56. The Morgan fingerprint density at radius 1 is 1.05 bits per heavy atom. The van der Waals surface area contributed by atoms with Gasteiger partial charge in [-0.15, -0.1) is 0 Å². The predicted octanol–water partition coefficient (Wildman–Crippen LogP) is 2.44. The highest BCUT2D eigenvalue weighted by Crippen LogP contribution is 2.32. The molecule has 0 amide bonds. The Labute approximate surface area is 131 Å². The molecule has 126 valence electrons. The van der Waals surface area contributed by atoms with Crippen LogP contribution in [0.3, 0.4) is 0 Å². The minimum absolute atomic E-state index is 0.186. The van der Waals surface area contributed by atoms with Crippen LogP contribution < -0.4 is 5.32 Å². The first kappa shape index (κ1) is 18.9. The summed E-state index contributed by atoms with van der Waals surface area (Å²) >= 11 is 0. The van der Waals surface area contributed by atoms with Crippen LogP contribution in [0.25, 0.3) is 0 Å². The summed E-state index contributed by atoms with van der Waals surface area (Å²) in [5.74, 6) is 0.297. The number of piperazine rings is 1. The summed E-state index contributed by atoms with van der Waals surface area (Å²) in [6.07, 6.45) is 6.53. The van der Waals surface area contributed by atoms with E-state index in [-0.39, 0.29) is 11.1 Å². The summed E-state index contributed by atoms with van der Waals surface area (Å²) in [5.41, 5.74) is 0.379. The van der Waals surface area contributed by atoms with E-state index in [4.69, 9.17) is 0 Å². The minimum Gasteiger partial charge on any atom is -0.308 e. The number of rotatable bonds is 8. The summed E-state index contributed by atoms with van der Waals surface area (Å²) in [6, 6.07) is 0. The van der Waals surface area contributed by atoms with Crippen molar-refractivity contribution in [3.63, 3.8) is 0 Å². The molecule has 1 fully saturated rings. The van der Waals surface area contributed by atoms with Crippen LogP contribution in [0.1, 0.15) is 59.8 Å². The molecule has 5 heteroatoms. The van der Waals surface area contributed by atoms with Crippen molar-refractivity contribution >= 4 is 9.84 Å². The van der Waals surface area contributed by atoms with Crippen molar-refractivity contribution in [2.45, 2.75) is 70.9 Å². The zero-order valence-electron chi connectivity index (χ0n) is 14.5. The second-order valence-electron chi connectivity index (χ2n) is 6.68. The van der Waals surface area contributed by atoms with Crippen LogP contribution in [0, 0.1) is 0 Å². The van der Waals surface area contributed by atoms with Crippen molar-refractivity contribution in [3.05, 3.63) is 0 Å². The van der Waals surface area contributed by atoms with Crippen LogP contribution in [-0.2, 0) is 9.84 Å². The third-order valence-electron chi connectivity index (χ3n) is 5.57. The minimum atomic E-state index is -2.86. The van der Waals surface area contributed by atoms with E-state index in [2.05, 4.69) is 37.9 Å². The molecule has 1 saturated heterocycles. The lowest BCUT2D eigenvalue weighted by Crippen LogP contribution is -2.69. The maximum atomic E-state index is 11.4. The number of nitrogens with zero attached hydrogens (tertiary/aromatic N) is 1. The fraction of sp³-hybridized carbons (Fsp3) is 1.00. The van der Waals surface area contributed by atoms with Crippen LogP contribution >= 0.6 is 0 Å². The predicted molar refractivity (Wildman–Crippen MR) is 90.5 cm³/mol. The Bertz CT molecular complexity index is 412. The van der Waals surface area contributed by atoms with Crippen molar-refractivity contribution in [3.8, 4) is 0 Å². The Morgan fingerprint density at radius 3 is 2.05 bits per heavy atom. The van der Waals surface area contributed by atoms with E-state index in [0.29, 0.717) is 5.75 Å². The molecule has 0 saturated carbocycles. The van der Waals surface area contributed by atoms with Gasteiger partial charge in [-0.3, -0.25) is 4.90 Å². The molecule has 0 atom stereocenters. The van der Waals surface area contributed by atoms with Gasteiger partial charge in [-0.1, -0.05) is 27.7 Å². The first-order valence-electron chi connectivity index (χ1n) is 8.44. The fourth-order valence-corrected chi connectivity index (χ4v) is 4.21. The summed E-state index contributed by atoms with van der Waals surface area (Å²) < 4.78 is 22.8. The van der Waals surface area contributed by atoms with Gasteiger partial charge in [-0.25, -0.2) is 8.42 Å². The van der Waals surface area contributed by atoms with E-state index < -0.39 is 9.84 Å². The van der Waals surface area contributed by atoms with Gasteiger partial charge in [0.05, 0.1) is 5.75 Å². The molecule has 4 nitrogen and oxygen atoms in total. The van der Waals surface area contributed by atoms with E-state index in [1.807, 2.05) is 0 Å². The lowest BCUT2D eigenvalue weighted by atomic mass is 9.80. The van der Waals surface area contributed by atoms with Gasteiger partial charge in [0.1, 0.15) is 9.84 Å². The highest BCUT2D eigenvalue weighted by atomic mass is 32.2. The first-order valence-corrected chi connectivity index (χ1v) is 10.5. The van der Waals surface area contributed by atoms with Crippen LogP contribution in [0.2, 0.25) is 0 Å². The molecule has 0 aromatic heterocycles. The Balaban J connectivity index is 2.83. The molecule has 0 unspecified atom stereocenters. The number of sulfone groups is 1. The van der Waals surface area contributed by atoms with E-state index in [0.717, 1.165) is 51.7 Å². The summed E-state index contributed by atoms with van der Waals surface area (Å²) in [6.45, 7) is 11.9. The molecule has 0 spiro atoms. The van der Waals surface area contributed by atoms with Crippen LogP contribution in [0.5, 0.6) is 0 Å². The van der Waals surface area contributed by atoms with Gasteiger partial charge in [0.15, 0.2) is 0 Å². The largest absolute Gasteiger partial charge is 0.308 e. The summed E-state index contributed by atoms with van der Waals surface area (Å²) in [5, 5.41) is 3.80. The van der Waals surface area contributed by atoms with E-state index in [9.17, 15) is 8.42 Å². The van der Waals surface area contributed by atoms with Gasteiger partial charge < -0.3 is 5.32 Å². The standard InChI is InChI=1S/C16H34N2O2S/c1-6-15(7-2)14-18(11-10-12-21(5,19)20)16(8-3,9-4)13-17-15/h17H,6-14H2,1-5H3. The van der Waals surface area contributed by atoms with Crippen molar-refractivity contribution in [1.82, 2.24) is 10.2 Å². The van der Waals surface area contributed by atoms with Gasteiger partial charge in [-0.2, -0.15) is 0 Å². The zero-order valence-corrected chi connectivity index (χ0v) is 15.4. The van der Waals surface area contributed by atoms with Crippen LogP contribution in [0.15, 0.2) is 0 Å². The van der Waals surface area contributed by atoms with E-state index >= 15 is 0 Å². The van der Waals surface area contributed by atoms with Crippen LogP contribution in [0.4, 0.5) is 0 Å². The summed E-state index contributed by atoms with van der Waals surface area (Å²) in [4.78, 5) is 2.57. The molecule has 21 heavy (non-hydrogen) atoms. The van der Waals surface area contributed by atoms with Gasteiger partial charge in [0.2, 0.25) is 0 Å². The third kappa shape index (κ3) is 4.67. The Kier molecular flexibility index (Phi) is 6.69. The van der Waals surface area contributed by atoms with Crippen molar-refractivity contribution in [1.29, 1.82) is 0 Å². The molecule has 1 aliphatic heterocycles. The zero-order chi connectivity index (χ0) is 16.1. The van der Waals surface area contributed by atoms with Crippen molar-refractivity contribution < 1.29 is 8.42 Å². The van der Waals surface area contributed by atoms with Gasteiger partial charge in [-0.05, 0) is 38.6 Å². The number of hydrogen-bond acceptors (Lipinski definition) is 4. The first-order chi connectivity index (χ1) is 9.76. The van der Waals surface area contributed by atoms with Gasteiger partial charge >= 0.3 is 0 Å². The van der Waals surface area contributed by atoms with Crippen LogP contribution in [-0.4, -0.2) is 56.0 Å². The second kappa shape index (κ2) is 7.42. The third-order valence-corrected chi connectivity index (χ3v) is 6.60. The van der Waals surface area contributed by atoms with E-state index in [1.54, 1.807) is 0 Å². The smallest absolute Gasteiger partial charge is 0.147 e. The van der Waals surface area contributed by atoms with Gasteiger partial charge in [0, 0.05) is 30.4 Å². The maximum Gasteiger partial charge on any atom is 0.147 e. The quantitative estimate of drug-likeness (QED) is 0.747. The Hall–Kier alpha value is -0.130. The highest BCUT2D eigenvalue weighted by molar-refractivity contribution is 7.90. The molecular weight excluding hydrogens is 284 g/mol. The molecule has 0 aromatic rings. The SMILES string of the molecule is CCC1(CC)CN(CCCS(C)(=O)=O)C(CC)(CC)CN1. The monoisotopic (exact) mass is 318 g/mol. The van der Waals surface area contributed by atoms with Crippen molar-refractivity contribution in [2.24, 2.45) is 0 Å². The topological polar surface area (TPSA) is 49.4 Å². The molecule has 0 bridgehead atoms. The maximum absolute atomic E-state index is 11.4. The second-order valence-corrected chi connectivity index (χ2v) is 8.94. The molecule has 1 heterocycles. The molecule has 1 rings (SSSR count). The molecule has 1 aliphatic rings. The average Bonchev–Trinajstić information content (AvgIpc) is 2.46. The highest BCUT2D eigenvalue weighted by Gasteiger charge is 2.43. The average molecular weight is 319 g/mol. The van der Waals surface area contributed by atoms with E-state index in [1.165, 1.54) is 6.26 Å². The number of hydrogen-bond donors (Lipinski definition) is 1. The summed E-state index contributed by atoms with van der Waals surface area (Å²) in [7, 11) is -2.86. The molecular formula is C16H34N2O2S. The van der Waals surface area contributed by atoms with Gasteiger partial charge in [0.25, 0.3) is 0 Å². The lowest BCUT2D eigenvalue weighted by Gasteiger charge is -2.54. The molecule has 0 aromatic carbocycles. The molecule has 0 aliphatic carbocycles. The van der Waals surface area contributed by atoms with Crippen molar-refractivity contribution in [2.75, 3.05) is 31.6 Å². The molecule has 1 N–H and O–H groups in total. The lowest BCUT2D eigenvalue weighted by molar-refractivity contribution is -0.00447.